The van der Waals surface area contributed by atoms with E-state index >= 15 is 0 Å². The first-order valence-electron chi connectivity index (χ1n) is 5.01. The summed E-state index contributed by atoms with van der Waals surface area (Å²) in [6.45, 7) is 8.86. The van der Waals surface area contributed by atoms with E-state index in [1.165, 1.54) is 5.56 Å². The summed E-state index contributed by atoms with van der Waals surface area (Å²) in [4.78, 5) is 4.29. The fourth-order valence-corrected chi connectivity index (χ4v) is 1.23. The first-order valence-corrected chi connectivity index (χ1v) is 5.01. The Bertz CT molecular complexity index is 248. The Morgan fingerprint density at radius 1 is 1.23 bits per heavy atom. The lowest BCUT2D eigenvalue weighted by molar-refractivity contribution is 0.417. The molecule has 1 nitrogen and oxygen atoms in total. The van der Waals surface area contributed by atoms with E-state index in [1.54, 1.807) is 0 Å². The van der Waals surface area contributed by atoms with Crippen LogP contribution in [0.2, 0.25) is 0 Å². The molecule has 1 atom stereocenters. The highest BCUT2D eigenvalue weighted by Crippen LogP contribution is 2.15. The third-order valence-electron chi connectivity index (χ3n) is 2.67. The molecule has 0 N–H and O–H groups in total. The molecule has 0 bridgehead atoms. The maximum atomic E-state index is 4.29. The van der Waals surface area contributed by atoms with E-state index in [4.69, 9.17) is 0 Å². The Hall–Kier alpha value is -0.850. The van der Waals surface area contributed by atoms with E-state index in [2.05, 4.69) is 37.9 Å². The van der Waals surface area contributed by atoms with Crippen molar-refractivity contribution >= 4 is 0 Å². The molecule has 1 heteroatoms. The Morgan fingerprint density at radius 2 is 1.92 bits per heavy atom. The van der Waals surface area contributed by atoms with Gasteiger partial charge in [0, 0.05) is 11.9 Å². The third-order valence-corrected chi connectivity index (χ3v) is 2.67. The quantitative estimate of drug-likeness (QED) is 0.690. The molecule has 0 fully saturated rings. The number of hydrogen-bond acceptors (Lipinski definition) is 1. The molecule has 1 heterocycles. The van der Waals surface area contributed by atoms with Crippen molar-refractivity contribution in [1.29, 1.82) is 0 Å². The van der Waals surface area contributed by atoms with E-state index in [-0.39, 0.29) is 0 Å². The maximum absolute atomic E-state index is 4.29. The molecule has 0 aliphatic rings. The molecular weight excluding hydrogens is 158 g/mol. The molecule has 0 aromatic carbocycles. The second-order valence-corrected chi connectivity index (χ2v) is 4.23. The lowest BCUT2D eigenvalue weighted by atomic mass is 9.92. The van der Waals surface area contributed by atoms with Crippen molar-refractivity contribution in [3.05, 3.63) is 29.6 Å². The van der Waals surface area contributed by atoms with Crippen LogP contribution in [0.5, 0.6) is 0 Å². The van der Waals surface area contributed by atoms with Crippen LogP contribution in [0.25, 0.3) is 0 Å². The normalized spacial score (nSPS) is 13.3. The van der Waals surface area contributed by atoms with Gasteiger partial charge in [-0.25, -0.2) is 0 Å². The second kappa shape index (κ2) is 4.40. The summed E-state index contributed by atoms with van der Waals surface area (Å²) >= 11 is 0. The number of pyridine rings is 1. The molecule has 72 valence electrons. The van der Waals surface area contributed by atoms with Crippen LogP contribution < -0.4 is 0 Å². The van der Waals surface area contributed by atoms with Crippen molar-refractivity contribution in [3.8, 4) is 0 Å². The predicted molar refractivity (Wildman–Crippen MR) is 56.7 cm³/mol. The lowest BCUT2D eigenvalue weighted by Crippen LogP contribution is -2.07. The molecule has 0 spiro atoms. The van der Waals surface area contributed by atoms with Gasteiger partial charge in [-0.05, 0) is 36.8 Å². The van der Waals surface area contributed by atoms with E-state index < -0.39 is 0 Å². The molecule has 0 saturated carbocycles. The van der Waals surface area contributed by atoms with Crippen molar-refractivity contribution < 1.29 is 0 Å². The monoisotopic (exact) mass is 177 g/mol. The van der Waals surface area contributed by atoms with Crippen molar-refractivity contribution in [1.82, 2.24) is 4.98 Å². The van der Waals surface area contributed by atoms with Gasteiger partial charge in [-0.2, -0.15) is 0 Å². The van der Waals surface area contributed by atoms with Crippen molar-refractivity contribution in [2.75, 3.05) is 0 Å². The number of aromatic nitrogens is 1. The van der Waals surface area contributed by atoms with Gasteiger partial charge in [0.25, 0.3) is 0 Å². The fraction of sp³-hybridized carbons (Fsp3) is 0.583. The van der Waals surface area contributed by atoms with Crippen LogP contribution in [0.1, 0.15) is 32.0 Å². The Balaban J connectivity index is 2.59. The summed E-state index contributed by atoms with van der Waals surface area (Å²) in [5.74, 6) is 1.49. The zero-order valence-corrected chi connectivity index (χ0v) is 9.04. The molecular formula is C12H19N. The van der Waals surface area contributed by atoms with Gasteiger partial charge in [-0.3, -0.25) is 4.98 Å². The van der Waals surface area contributed by atoms with Gasteiger partial charge in [0.1, 0.15) is 0 Å². The number of hydrogen-bond donors (Lipinski definition) is 0. The first-order chi connectivity index (χ1) is 6.09. The smallest absolute Gasteiger partial charge is 0.0372 e. The van der Waals surface area contributed by atoms with Gasteiger partial charge in [0.05, 0.1) is 0 Å². The zero-order valence-electron chi connectivity index (χ0n) is 9.04. The van der Waals surface area contributed by atoms with E-state index in [0.29, 0.717) is 0 Å². The molecule has 0 aliphatic carbocycles. The van der Waals surface area contributed by atoms with Gasteiger partial charge in [-0.1, -0.05) is 26.8 Å². The summed E-state index contributed by atoms with van der Waals surface area (Å²) < 4.78 is 0. The minimum absolute atomic E-state index is 0.740. The van der Waals surface area contributed by atoms with Gasteiger partial charge in [0.15, 0.2) is 0 Å². The molecule has 1 unspecified atom stereocenters. The molecule has 0 aliphatic heterocycles. The van der Waals surface area contributed by atoms with Crippen LogP contribution >= 0.6 is 0 Å². The second-order valence-electron chi connectivity index (χ2n) is 4.23. The number of nitrogens with zero attached hydrogens (tertiary/aromatic N) is 1. The average Bonchev–Trinajstić information content (AvgIpc) is 2.08. The minimum Gasteiger partial charge on any atom is -0.261 e. The third kappa shape index (κ3) is 3.17. The van der Waals surface area contributed by atoms with Crippen molar-refractivity contribution in [2.45, 2.75) is 34.1 Å². The average molecular weight is 177 g/mol. The lowest BCUT2D eigenvalue weighted by Gasteiger charge is -2.14. The molecule has 13 heavy (non-hydrogen) atoms. The molecule has 1 aromatic rings. The Kier molecular flexibility index (Phi) is 3.47. The molecule has 0 saturated heterocycles. The topological polar surface area (TPSA) is 12.9 Å². The van der Waals surface area contributed by atoms with Crippen LogP contribution in [-0.4, -0.2) is 4.98 Å². The molecule has 0 amide bonds. The van der Waals surface area contributed by atoms with Crippen LogP contribution in [0.3, 0.4) is 0 Å². The highest BCUT2D eigenvalue weighted by Gasteiger charge is 2.07. The van der Waals surface area contributed by atoms with Crippen molar-refractivity contribution in [2.24, 2.45) is 11.8 Å². The first kappa shape index (κ1) is 10.2. The SMILES string of the molecule is Cc1ccc(CC(C)C(C)C)cn1. The number of aryl methyl sites for hydroxylation is 1. The van der Waals surface area contributed by atoms with E-state index in [0.717, 1.165) is 24.0 Å². The summed E-state index contributed by atoms with van der Waals surface area (Å²) in [5.41, 5.74) is 2.45. The number of rotatable bonds is 3. The van der Waals surface area contributed by atoms with Crippen molar-refractivity contribution in [3.63, 3.8) is 0 Å². The van der Waals surface area contributed by atoms with E-state index in [9.17, 15) is 0 Å². The maximum Gasteiger partial charge on any atom is 0.0372 e. The standard InChI is InChI=1S/C12H19N/c1-9(2)10(3)7-12-6-5-11(4)13-8-12/h5-6,8-10H,7H2,1-4H3. The van der Waals surface area contributed by atoms with Crippen LogP contribution in [0, 0.1) is 18.8 Å². The zero-order chi connectivity index (χ0) is 9.84. The molecule has 0 radical (unpaired) electrons. The molecule has 1 aromatic heterocycles. The van der Waals surface area contributed by atoms with Gasteiger partial charge < -0.3 is 0 Å². The van der Waals surface area contributed by atoms with Gasteiger partial charge in [0.2, 0.25) is 0 Å². The largest absolute Gasteiger partial charge is 0.261 e. The summed E-state index contributed by atoms with van der Waals surface area (Å²) in [6.07, 6.45) is 3.14. The van der Waals surface area contributed by atoms with Crippen LogP contribution in [0.15, 0.2) is 18.3 Å². The Labute approximate surface area is 81.2 Å². The van der Waals surface area contributed by atoms with Crippen LogP contribution in [-0.2, 0) is 6.42 Å². The fourth-order valence-electron chi connectivity index (χ4n) is 1.23. The van der Waals surface area contributed by atoms with Gasteiger partial charge in [-0.15, -0.1) is 0 Å². The highest BCUT2D eigenvalue weighted by atomic mass is 14.7. The summed E-state index contributed by atoms with van der Waals surface area (Å²) in [6, 6.07) is 4.27. The minimum atomic E-state index is 0.740. The van der Waals surface area contributed by atoms with Gasteiger partial charge >= 0.3 is 0 Å². The summed E-state index contributed by atoms with van der Waals surface area (Å²) in [7, 11) is 0. The Morgan fingerprint density at radius 3 is 2.38 bits per heavy atom. The van der Waals surface area contributed by atoms with Crippen LogP contribution in [0.4, 0.5) is 0 Å². The summed E-state index contributed by atoms with van der Waals surface area (Å²) in [5, 5.41) is 0. The molecule has 1 rings (SSSR count). The van der Waals surface area contributed by atoms with E-state index in [1.807, 2.05) is 13.1 Å². The highest BCUT2D eigenvalue weighted by molar-refractivity contribution is 5.13. The predicted octanol–water partition coefficient (Wildman–Crippen LogP) is 3.22.